The number of piperazine rings is 1. The highest BCUT2D eigenvalue weighted by atomic mass is 35.5. The van der Waals surface area contributed by atoms with Gasteiger partial charge in [-0.15, -0.1) is 0 Å². The number of anilines is 1. The number of benzene rings is 2. The van der Waals surface area contributed by atoms with Gasteiger partial charge in [-0.05, 0) is 37.1 Å². The molecule has 1 heterocycles. The molecule has 166 valence electrons. The van der Waals surface area contributed by atoms with Gasteiger partial charge in [-0.3, -0.25) is 9.59 Å². The Hall–Kier alpha value is -2.73. The molecule has 2 aromatic carbocycles. The maximum Gasteiger partial charge on any atom is 0.253 e. The molecule has 1 unspecified atom stereocenters. The molecule has 1 fully saturated rings. The SMILES string of the molecule is CCOc1ccccc1N1CCN(C(=O)C(NC(=O)c2ccccc2Cl)C(C)C)CC1. The lowest BCUT2D eigenvalue weighted by atomic mass is 10.0. The van der Waals surface area contributed by atoms with Gasteiger partial charge in [-0.25, -0.2) is 0 Å². The van der Waals surface area contributed by atoms with Crippen LogP contribution in [0.15, 0.2) is 48.5 Å². The van der Waals surface area contributed by atoms with Gasteiger partial charge in [-0.2, -0.15) is 0 Å². The molecule has 7 heteroatoms. The van der Waals surface area contributed by atoms with Crippen molar-refractivity contribution < 1.29 is 14.3 Å². The van der Waals surface area contributed by atoms with Crippen LogP contribution < -0.4 is 15.0 Å². The zero-order chi connectivity index (χ0) is 22.4. The summed E-state index contributed by atoms with van der Waals surface area (Å²) in [5.41, 5.74) is 1.42. The average Bonchev–Trinajstić information content (AvgIpc) is 2.78. The van der Waals surface area contributed by atoms with Gasteiger partial charge in [0.05, 0.1) is 22.9 Å². The zero-order valence-electron chi connectivity index (χ0n) is 18.3. The monoisotopic (exact) mass is 443 g/mol. The van der Waals surface area contributed by atoms with Gasteiger partial charge >= 0.3 is 0 Å². The molecule has 2 amide bonds. The number of hydrogen-bond donors (Lipinski definition) is 1. The number of amides is 2. The first-order valence-electron chi connectivity index (χ1n) is 10.7. The van der Waals surface area contributed by atoms with Crippen LogP contribution in [-0.4, -0.2) is 55.5 Å². The molecule has 0 spiro atoms. The number of rotatable bonds is 7. The Bertz CT molecular complexity index is 910. The second-order valence-corrected chi connectivity index (χ2v) is 8.30. The van der Waals surface area contributed by atoms with Crippen LogP contribution in [0.5, 0.6) is 5.75 Å². The lowest BCUT2D eigenvalue weighted by molar-refractivity contribution is -0.134. The molecule has 1 atom stereocenters. The van der Waals surface area contributed by atoms with E-state index in [9.17, 15) is 9.59 Å². The van der Waals surface area contributed by atoms with E-state index in [1.807, 2.05) is 49.9 Å². The molecule has 1 aliphatic heterocycles. The Labute approximate surface area is 189 Å². The van der Waals surface area contributed by atoms with Gasteiger partial charge in [0.25, 0.3) is 5.91 Å². The number of carbonyl (C=O) groups is 2. The number of nitrogens with one attached hydrogen (secondary N) is 1. The summed E-state index contributed by atoms with van der Waals surface area (Å²) in [6.07, 6.45) is 0. The Morgan fingerprint density at radius 1 is 1.03 bits per heavy atom. The first-order valence-corrected chi connectivity index (χ1v) is 11.1. The van der Waals surface area contributed by atoms with Crippen LogP contribution >= 0.6 is 11.6 Å². The van der Waals surface area contributed by atoms with Crippen LogP contribution in [0, 0.1) is 5.92 Å². The highest BCUT2D eigenvalue weighted by Gasteiger charge is 2.31. The molecule has 6 nitrogen and oxygen atoms in total. The van der Waals surface area contributed by atoms with E-state index in [0.29, 0.717) is 43.4 Å². The second kappa shape index (κ2) is 10.5. The third-order valence-corrected chi connectivity index (χ3v) is 5.76. The van der Waals surface area contributed by atoms with Crippen LogP contribution in [0.2, 0.25) is 5.02 Å². The van der Waals surface area contributed by atoms with Crippen molar-refractivity contribution in [3.05, 3.63) is 59.1 Å². The Morgan fingerprint density at radius 2 is 1.68 bits per heavy atom. The third-order valence-electron chi connectivity index (χ3n) is 5.43. The summed E-state index contributed by atoms with van der Waals surface area (Å²) in [7, 11) is 0. The van der Waals surface area contributed by atoms with Crippen molar-refractivity contribution >= 4 is 29.1 Å². The van der Waals surface area contributed by atoms with Crippen LogP contribution in [-0.2, 0) is 4.79 Å². The minimum atomic E-state index is -0.606. The normalized spacial score (nSPS) is 15.0. The fraction of sp³-hybridized carbons (Fsp3) is 0.417. The van der Waals surface area contributed by atoms with Crippen molar-refractivity contribution in [2.75, 3.05) is 37.7 Å². The van der Waals surface area contributed by atoms with Crippen molar-refractivity contribution in [2.45, 2.75) is 26.8 Å². The zero-order valence-corrected chi connectivity index (χ0v) is 19.1. The Kier molecular flexibility index (Phi) is 7.80. The average molecular weight is 444 g/mol. The molecule has 3 rings (SSSR count). The topological polar surface area (TPSA) is 61.9 Å². The molecule has 1 N–H and O–H groups in total. The molecule has 0 radical (unpaired) electrons. The summed E-state index contributed by atoms with van der Waals surface area (Å²) in [5, 5.41) is 3.26. The number of para-hydroxylation sites is 2. The maximum atomic E-state index is 13.2. The highest BCUT2D eigenvalue weighted by molar-refractivity contribution is 6.33. The van der Waals surface area contributed by atoms with E-state index in [1.54, 1.807) is 24.3 Å². The number of carbonyl (C=O) groups excluding carboxylic acids is 2. The second-order valence-electron chi connectivity index (χ2n) is 7.89. The molecule has 0 aromatic heterocycles. The smallest absolute Gasteiger partial charge is 0.253 e. The predicted molar refractivity (Wildman–Crippen MR) is 124 cm³/mol. The standard InChI is InChI=1S/C24H30ClN3O3/c1-4-31-21-12-8-7-11-20(21)27-13-15-28(16-14-27)24(30)22(17(2)3)26-23(29)18-9-5-6-10-19(18)25/h5-12,17,22H,4,13-16H2,1-3H3,(H,26,29). The Balaban J connectivity index is 1.65. The van der Waals surface area contributed by atoms with Crippen LogP contribution in [0.4, 0.5) is 5.69 Å². The number of nitrogens with zero attached hydrogens (tertiary/aromatic N) is 2. The highest BCUT2D eigenvalue weighted by Crippen LogP contribution is 2.29. The molecule has 1 saturated heterocycles. The number of hydrogen-bond acceptors (Lipinski definition) is 4. The van der Waals surface area contributed by atoms with Gasteiger partial charge in [0, 0.05) is 26.2 Å². The van der Waals surface area contributed by atoms with Crippen LogP contribution in [0.3, 0.4) is 0 Å². The molecule has 0 bridgehead atoms. The van der Waals surface area contributed by atoms with Gasteiger partial charge in [-0.1, -0.05) is 49.7 Å². The van der Waals surface area contributed by atoms with E-state index < -0.39 is 6.04 Å². The first kappa shape index (κ1) is 22.9. The first-order chi connectivity index (χ1) is 14.9. The Morgan fingerprint density at radius 3 is 2.32 bits per heavy atom. The predicted octanol–water partition coefficient (Wildman–Crippen LogP) is 3.84. The minimum Gasteiger partial charge on any atom is -0.492 e. The van der Waals surface area contributed by atoms with Crippen molar-refractivity contribution in [3.8, 4) is 5.75 Å². The summed E-state index contributed by atoms with van der Waals surface area (Å²) < 4.78 is 5.75. The minimum absolute atomic E-state index is 0.0457. The lowest BCUT2D eigenvalue weighted by Gasteiger charge is -2.38. The molecule has 0 aliphatic carbocycles. The van der Waals surface area contributed by atoms with E-state index >= 15 is 0 Å². The molecule has 1 aliphatic rings. The summed E-state index contributed by atoms with van der Waals surface area (Å²) >= 11 is 6.15. The maximum absolute atomic E-state index is 13.2. The quantitative estimate of drug-likeness (QED) is 0.706. The molecular formula is C24H30ClN3O3. The van der Waals surface area contributed by atoms with E-state index in [-0.39, 0.29) is 17.7 Å². The largest absolute Gasteiger partial charge is 0.492 e. The molecular weight excluding hydrogens is 414 g/mol. The van der Waals surface area contributed by atoms with E-state index in [0.717, 1.165) is 11.4 Å². The summed E-state index contributed by atoms with van der Waals surface area (Å²) in [6.45, 7) is 9.04. The van der Waals surface area contributed by atoms with E-state index in [2.05, 4.69) is 10.2 Å². The summed E-state index contributed by atoms with van der Waals surface area (Å²) in [6, 6.07) is 14.2. The van der Waals surface area contributed by atoms with Gasteiger partial charge < -0.3 is 19.9 Å². The van der Waals surface area contributed by atoms with Crippen molar-refractivity contribution in [2.24, 2.45) is 5.92 Å². The van der Waals surface area contributed by atoms with Crippen LogP contribution in [0.25, 0.3) is 0 Å². The molecule has 31 heavy (non-hydrogen) atoms. The van der Waals surface area contributed by atoms with E-state index in [4.69, 9.17) is 16.3 Å². The summed E-state index contributed by atoms with van der Waals surface area (Å²) in [5.74, 6) is 0.419. The van der Waals surface area contributed by atoms with E-state index in [1.165, 1.54) is 0 Å². The molecule has 0 saturated carbocycles. The van der Waals surface area contributed by atoms with Gasteiger partial charge in [0.2, 0.25) is 5.91 Å². The lowest BCUT2D eigenvalue weighted by Crippen LogP contribution is -2.56. The fourth-order valence-corrected chi connectivity index (χ4v) is 3.96. The third kappa shape index (κ3) is 5.50. The van der Waals surface area contributed by atoms with Crippen molar-refractivity contribution in [1.82, 2.24) is 10.2 Å². The van der Waals surface area contributed by atoms with Crippen molar-refractivity contribution in [1.29, 1.82) is 0 Å². The number of halogens is 1. The van der Waals surface area contributed by atoms with Gasteiger partial charge in [0.15, 0.2) is 0 Å². The van der Waals surface area contributed by atoms with Gasteiger partial charge in [0.1, 0.15) is 11.8 Å². The van der Waals surface area contributed by atoms with Crippen molar-refractivity contribution in [3.63, 3.8) is 0 Å². The van der Waals surface area contributed by atoms with Crippen LogP contribution in [0.1, 0.15) is 31.1 Å². The molecule has 2 aromatic rings. The summed E-state index contributed by atoms with van der Waals surface area (Å²) in [4.78, 5) is 30.0. The number of ether oxygens (including phenoxy) is 1. The fourth-order valence-electron chi connectivity index (χ4n) is 3.74.